The van der Waals surface area contributed by atoms with E-state index in [4.69, 9.17) is 0 Å². The molecule has 4 saturated carbocycles. The molecule has 114 valence electrons. The molecular formula is C18H25NO2. The zero-order valence-electron chi connectivity index (χ0n) is 12.8. The summed E-state index contributed by atoms with van der Waals surface area (Å²) in [5.74, 6) is 2.50. The minimum absolute atomic E-state index is 0.0128. The van der Waals surface area contributed by atoms with Crippen molar-refractivity contribution in [1.82, 2.24) is 4.57 Å². The standard InChI is InChI=1S/C18H25NO2/c1-12-2-3-19(17(21)4-12)11-16(20)18-8-13-5-14(9-18)7-15(6-13)10-18/h2-4,13-16,20H,5-11H2,1H3. The molecule has 3 nitrogen and oxygen atoms in total. The number of aryl methyl sites for hydroxylation is 1. The second kappa shape index (κ2) is 4.70. The third-order valence-corrected chi connectivity index (χ3v) is 6.31. The highest BCUT2D eigenvalue weighted by Crippen LogP contribution is 2.61. The van der Waals surface area contributed by atoms with Crippen LogP contribution in [0.5, 0.6) is 0 Å². The molecule has 1 atom stereocenters. The van der Waals surface area contributed by atoms with Crippen molar-refractivity contribution in [1.29, 1.82) is 0 Å². The van der Waals surface area contributed by atoms with Gasteiger partial charge in [0.2, 0.25) is 0 Å². The van der Waals surface area contributed by atoms with Gasteiger partial charge in [-0.3, -0.25) is 4.79 Å². The van der Waals surface area contributed by atoms with Crippen molar-refractivity contribution in [2.45, 2.75) is 58.1 Å². The summed E-state index contributed by atoms with van der Waals surface area (Å²) in [6.07, 6.45) is 9.17. The van der Waals surface area contributed by atoms with Crippen molar-refractivity contribution >= 4 is 0 Å². The molecule has 4 fully saturated rings. The Labute approximate surface area is 126 Å². The number of aliphatic hydroxyl groups excluding tert-OH is 1. The van der Waals surface area contributed by atoms with Crippen LogP contribution in [0.2, 0.25) is 0 Å². The molecule has 0 aliphatic heterocycles. The molecule has 1 N–H and O–H groups in total. The quantitative estimate of drug-likeness (QED) is 0.929. The number of aromatic nitrogens is 1. The Balaban J connectivity index is 1.57. The van der Waals surface area contributed by atoms with Gasteiger partial charge < -0.3 is 9.67 Å². The Kier molecular flexibility index (Phi) is 3.04. The molecule has 4 aliphatic rings. The van der Waals surface area contributed by atoms with Crippen LogP contribution in [0.15, 0.2) is 23.1 Å². The van der Waals surface area contributed by atoms with Crippen molar-refractivity contribution in [3.63, 3.8) is 0 Å². The van der Waals surface area contributed by atoms with Crippen LogP contribution in [-0.2, 0) is 6.54 Å². The first kappa shape index (κ1) is 13.6. The van der Waals surface area contributed by atoms with Gasteiger partial charge in [-0.15, -0.1) is 0 Å². The molecule has 0 saturated heterocycles. The minimum atomic E-state index is -0.369. The zero-order chi connectivity index (χ0) is 14.6. The smallest absolute Gasteiger partial charge is 0.250 e. The van der Waals surface area contributed by atoms with E-state index in [0.29, 0.717) is 6.54 Å². The maximum atomic E-state index is 12.1. The van der Waals surface area contributed by atoms with Crippen LogP contribution in [0.3, 0.4) is 0 Å². The Bertz CT molecular complexity index is 568. The Morgan fingerprint density at radius 1 is 1.24 bits per heavy atom. The van der Waals surface area contributed by atoms with Crippen LogP contribution in [0, 0.1) is 30.1 Å². The third-order valence-electron chi connectivity index (χ3n) is 6.31. The van der Waals surface area contributed by atoms with Gasteiger partial charge in [0.15, 0.2) is 0 Å². The Hall–Kier alpha value is -1.09. The maximum Gasteiger partial charge on any atom is 0.250 e. The van der Waals surface area contributed by atoms with Crippen molar-refractivity contribution < 1.29 is 5.11 Å². The van der Waals surface area contributed by atoms with Crippen LogP contribution in [0.4, 0.5) is 0 Å². The molecule has 0 amide bonds. The highest BCUT2D eigenvalue weighted by molar-refractivity contribution is 5.09. The molecular weight excluding hydrogens is 262 g/mol. The average molecular weight is 287 g/mol. The normalized spacial score (nSPS) is 38.7. The van der Waals surface area contributed by atoms with Crippen LogP contribution < -0.4 is 5.56 Å². The van der Waals surface area contributed by atoms with Gasteiger partial charge in [-0.2, -0.15) is 0 Å². The SMILES string of the molecule is Cc1ccn(CC(O)C23CC4CC(CC(C4)C2)C3)c(=O)c1. The predicted molar refractivity (Wildman–Crippen MR) is 82.1 cm³/mol. The number of aliphatic hydroxyl groups is 1. The van der Waals surface area contributed by atoms with Gasteiger partial charge in [0, 0.05) is 12.3 Å². The summed E-state index contributed by atoms with van der Waals surface area (Å²) >= 11 is 0. The summed E-state index contributed by atoms with van der Waals surface area (Å²) in [7, 11) is 0. The first-order chi connectivity index (χ1) is 10.0. The van der Waals surface area contributed by atoms with E-state index in [1.165, 1.54) is 38.5 Å². The van der Waals surface area contributed by atoms with Crippen LogP contribution in [0.1, 0.15) is 44.1 Å². The van der Waals surface area contributed by atoms with Crippen molar-refractivity contribution in [3.8, 4) is 0 Å². The first-order valence-electron chi connectivity index (χ1n) is 8.39. The van der Waals surface area contributed by atoms with E-state index in [0.717, 1.165) is 23.3 Å². The highest BCUT2D eigenvalue weighted by atomic mass is 16.3. The van der Waals surface area contributed by atoms with Crippen molar-refractivity contribution in [3.05, 3.63) is 34.2 Å². The number of nitrogens with zero attached hydrogens (tertiary/aromatic N) is 1. The molecule has 1 unspecified atom stereocenters. The fraction of sp³-hybridized carbons (Fsp3) is 0.722. The predicted octanol–water partition coefficient (Wildman–Crippen LogP) is 2.73. The highest BCUT2D eigenvalue weighted by Gasteiger charge is 2.53. The van der Waals surface area contributed by atoms with Crippen molar-refractivity contribution in [2.24, 2.45) is 23.2 Å². The van der Waals surface area contributed by atoms with Gasteiger partial charge >= 0.3 is 0 Å². The minimum Gasteiger partial charge on any atom is -0.391 e. The Morgan fingerprint density at radius 3 is 2.33 bits per heavy atom. The van der Waals surface area contributed by atoms with E-state index in [9.17, 15) is 9.90 Å². The van der Waals surface area contributed by atoms with Gasteiger partial charge in [0.1, 0.15) is 0 Å². The van der Waals surface area contributed by atoms with Crippen LogP contribution in [0.25, 0.3) is 0 Å². The molecule has 0 spiro atoms. The lowest BCUT2D eigenvalue weighted by molar-refractivity contribution is -0.124. The van der Waals surface area contributed by atoms with E-state index >= 15 is 0 Å². The summed E-state index contributed by atoms with van der Waals surface area (Å²) in [5.41, 5.74) is 1.10. The van der Waals surface area contributed by atoms with E-state index in [1.54, 1.807) is 10.6 Å². The molecule has 1 aromatic heterocycles. The maximum absolute atomic E-state index is 12.1. The molecule has 21 heavy (non-hydrogen) atoms. The first-order valence-corrected chi connectivity index (χ1v) is 8.39. The fourth-order valence-electron chi connectivity index (χ4n) is 5.72. The molecule has 0 aromatic carbocycles. The number of hydrogen-bond acceptors (Lipinski definition) is 2. The lowest BCUT2D eigenvalue weighted by Gasteiger charge is -2.58. The molecule has 0 radical (unpaired) electrons. The fourth-order valence-corrected chi connectivity index (χ4v) is 5.72. The van der Waals surface area contributed by atoms with Crippen molar-refractivity contribution in [2.75, 3.05) is 0 Å². The van der Waals surface area contributed by atoms with Gasteiger partial charge in [0.05, 0.1) is 12.6 Å². The lowest BCUT2D eigenvalue weighted by Crippen LogP contribution is -2.53. The summed E-state index contributed by atoms with van der Waals surface area (Å²) in [4.78, 5) is 12.1. The monoisotopic (exact) mass is 287 g/mol. The molecule has 5 rings (SSSR count). The molecule has 4 bridgehead atoms. The molecule has 1 aromatic rings. The van der Waals surface area contributed by atoms with E-state index in [1.807, 2.05) is 19.2 Å². The summed E-state index contributed by atoms with van der Waals surface area (Å²) in [6.45, 7) is 2.40. The van der Waals surface area contributed by atoms with E-state index < -0.39 is 0 Å². The zero-order valence-corrected chi connectivity index (χ0v) is 12.8. The molecule has 3 heteroatoms. The second-order valence-electron chi connectivity index (χ2n) is 7.99. The molecule has 1 heterocycles. The number of pyridine rings is 1. The second-order valence-corrected chi connectivity index (χ2v) is 7.99. The lowest BCUT2D eigenvalue weighted by atomic mass is 9.48. The number of hydrogen-bond donors (Lipinski definition) is 1. The van der Waals surface area contributed by atoms with Gasteiger partial charge in [0.25, 0.3) is 5.56 Å². The third kappa shape index (κ3) is 2.26. The van der Waals surface area contributed by atoms with Crippen LogP contribution >= 0.6 is 0 Å². The van der Waals surface area contributed by atoms with Gasteiger partial charge in [-0.25, -0.2) is 0 Å². The van der Waals surface area contributed by atoms with Gasteiger partial charge in [-0.1, -0.05) is 0 Å². The van der Waals surface area contributed by atoms with E-state index in [-0.39, 0.29) is 17.1 Å². The van der Waals surface area contributed by atoms with E-state index in [2.05, 4.69) is 0 Å². The largest absolute Gasteiger partial charge is 0.391 e. The van der Waals surface area contributed by atoms with Crippen LogP contribution in [-0.4, -0.2) is 15.8 Å². The average Bonchev–Trinajstić information content (AvgIpc) is 2.40. The number of rotatable bonds is 3. The molecule has 4 aliphatic carbocycles. The topological polar surface area (TPSA) is 42.2 Å². The summed E-state index contributed by atoms with van der Waals surface area (Å²) in [6, 6.07) is 3.61. The Morgan fingerprint density at radius 2 is 1.81 bits per heavy atom. The van der Waals surface area contributed by atoms with Gasteiger partial charge in [-0.05, 0) is 80.2 Å². The summed E-state index contributed by atoms with van der Waals surface area (Å²) in [5, 5.41) is 10.9. The summed E-state index contributed by atoms with van der Waals surface area (Å²) < 4.78 is 1.69.